The number of rotatable bonds is 9. The number of nitrogens with zero attached hydrogens (tertiary/aromatic N) is 1. The Balaban J connectivity index is 2.24. The molecule has 13 nitrogen and oxygen atoms in total. The SMILES string of the molecule is COC(=O)C[C@H](NC(C)=O)C(=O)N(CC(=O)Oc1ccccc1C)NC(=O)Nc1ccc(C(=N)N)cc1. The normalized spacial score (nSPS) is 10.9. The van der Waals surface area contributed by atoms with Crippen LogP contribution in [0, 0.1) is 12.3 Å². The van der Waals surface area contributed by atoms with Crippen molar-refractivity contribution in [3.8, 4) is 5.75 Å². The molecule has 37 heavy (non-hydrogen) atoms. The van der Waals surface area contributed by atoms with Crippen molar-refractivity contribution in [3.05, 3.63) is 59.7 Å². The van der Waals surface area contributed by atoms with Gasteiger partial charge in [0.05, 0.1) is 13.5 Å². The third-order valence-electron chi connectivity index (χ3n) is 4.83. The number of carbonyl (C=O) groups is 5. The molecular formula is C24H28N6O7. The third kappa shape index (κ3) is 8.98. The van der Waals surface area contributed by atoms with E-state index in [0.717, 1.165) is 14.0 Å². The number of urea groups is 1. The molecule has 0 aromatic heterocycles. The zero-order chi connectivity index (χ0) is 27.5. The predicted molar refractivity (Wildman–Crippen MR) is 132 cm³/mol. The number of anilines is 1. The highest BCUT2D eigenvalue weighted by Gasteiger charge is 2.31. The highest BCUT2D eigenvalue weighted by atomic mass is 16.5. The average molecular weight is 513 g/mol. The average Bonchev–Trinajstić information content (AvgIpc) is 2.84. The van der Waals surface area contributed by atoms with Gasteiger partial charge in [-0.3, -0.25) is 19.8 Å². The van der Waals surface area contributed by atoms with Crippen LogP contribution < -0.4 is 26.5 Å². The van der Waals surface area contributed by atoms with Crippen LogP contribution in [-0.4, -0.2) is 60.3 Å². The van der Waals surface area contributed by atoms with E-state index in [1.54, 1.807) is 31.2 Å². The second-order valence-corrected chi connectivity index (χ2v) is 7.75. The maximum atomic E-state index is 13.2. The topological polar surface area (TPSA) is 193 Å². The van der Waals surface area contributed by atoms with Gasteiger partial charge in [-0.05, 0) is 42.8 Å². The van der Waals surface area contributed by atoms with Gasteiger partial charge in [0.25, 0.3) is 5.91 Å². The van der Waals surface area contributed by atoms with Gasteiger partial charge < -0.3 is 25.8 Å². The van der Waals surface area contributed by atoms with E-state index in [2.05, 4.69) is 20.8 Å². The summed E-state index contributed by atoms with van der Waals surface area (Å²) < 4.78 is 9.88. The molecule has 0 spiro atoms. The molecule has 2 aromatic carbocycles. The number of esters is 2. The number of benzene rings is 2. The van der Waals surface area contributed by atoms with Crippen LogP contribution in [-0.2, 0) is 23.9 Å². The van der Waals surface area contributed by atoms with Crippen LogP contribution in [0.25, 0.3) is 0 Å². The number of ether oxygens (including phenoxy) is 2. The van der Waals surface area contributed by atoms with Crippen LogP contribution >= 0.6 is 0 Å². The fourth-order valence-corrected chi connectivity index (χ4v) is 3.03. The molecule has 0 bridgehead atoms. The monoisotopic (exact) mass is 512 g/mol. The lowest BCUT2D eigenvalue weighted by Gasteiger charge is -2.27. The number of aryl methyl sites for hydroxylation is 1. The largest absolute Gasteiger partial charge is 0.469 e. The number of nitrogen functional groups attached to an aromatic ring is 1. The number of hydrazine groups is 1. The summed E-state index contributed by atoms with van der Waals surface area (Å²) in [6.07, 6.45) is -0.548. The minimum absolute atomic E-state index is 0.158. The zero-order valence-corrected chi connectivity index (χ0v) is 20.5. The van der Waals surface area contributed by atoms with Crippen molar-refractivity contribution in [2.45, 2.75) is 26.3 Å². The first-order valence-corrected chi connectivity index (χ1v) is 10.9. The van der Waals surface area contributed by atoms with Crippen molar-refractivity contribution in [2.24, 2.45) is 5.73 Å². The molecule has 2 rings (SSSR count). The number of para-hydroxylation sites is 1. The summed E-state index contributed by atoms with van der Waals surface area (Å²) in [4.78, 5) is 62.0. The van der Waals surface area contributed by atoms with Crippen LogP contribution in [0.2, 0.25) is 0 Å². The van der Waals surface area contributed by atoms with Crippen molar-refractivity contribution in [2.75, 3.05) is 19.0 Å². The van der Waals surface area contributed by atoms with E-state index in [0.29, 0.717) is 21.8 Å². The van der Waals surface area contributed by atoms with Crippen molar-refractivity contribution >= 4 is 41.3 Å². The highest BCUT2D eigenvalue weighted by Crippen LogP contribution is 2.16. The first-order valence-electron chi connectivity index (χ1n) is 10.9. The molecule has 6 N–H and O–H groups in total. The quantitative estimate of drug-likeness (QED) is 0.107. The molecule has 0 fully saturated rings. The number of amides is 4. The number of carbonyl (C=O) groups excluding carboxylic acids is 5. The van der Waals surface area contributed by atoms with Crippen LogP contribution in [0.15, 0.2) is 48.5 Å². The van der Waals surface area contributed by atoms with Gasteiger partial charge in [0, 0.05) is 18.2 Å². The summed E-state index contributed by atoms with van der Waals surface area (Å²) in [5.74, 6) is -3.19. The van der Waals surface area contributed by atoms with Gasteiger partial charge >= 0.3 is 18.0 Å². The first kappa shape index (κ1) is 28.3. The van der Waals surface area contributed by atoms with Crippen molar-refractivity contribution < 1.29 is 33.4 Å². The summed E-state index contributed by atoms with van der Waals surface area (Å²) in [6.45, 7) is 2.11. The molecule has 196 valence electrons. The Morgan fingerprint density at radius 1 is 1.03 bits per heavy atom. The number of hydrogen-bond donors (Lipinski definition) is 5. The summed E-state index contributed by atoms with van der Waals surface area (Å²) in [6, 6.07) is 10.3. The third-order valence-corrected chi connectivity index (χ3v) is 4.83. The predicted octanol–water partition coefficient (Wildman–Crippen LogP) is 0.818. The minimum atomic E-state index is -1.44. The molecule has 0 heterocycles. The standard InChI is InChI=1S/C24H28N6O7/c1-14-6-4-5-7-19(14)37-21(33)13-30(23(34)18(27-15(2)31)12-20(32)36-3)29-24(35)28-17-10-8-16(9-11-17)22(25)26/h4-11,18H,12-13H2,1-3H3,(H3,25,26)(H,27,31)(H2,28,29,35)/t18-/m0/s1. The second kappa shape index (κ2) is 13.2. The van der Waals surface area contributed by atoms with Crippen molar-refractivity contribution in [3.63, 3.8) is 0 Å². The Labute approximate surface area is 212 Å². The van der Waals surface area contributed by atoms with E-state index in [1.807, 2.05) is 0 Å². The fraction of sp³-hybridized carbons (Fsp3) is 0.250. The number of hydrogen-bond acceptors (Lipinski definition) is 8. The van der Waals surface area contributed by atoms with E-state index in [4.69, 9.17) is 15.9 Å². The lowest BCUT2D eigenvalue weighted by Crippen LogP contribution is -2.57. The van der Waals surface area contributed by atoms with Crippen LogP contribution in [0.4, 0.5) is 10.5 Å². The Morgan fingerprint density at radius 2 is 1.68 bits per heavy atom. The summed E-state index contributed by atoms with van der Waals surface area (Å²) in [5.41, 5.74) is 9.05. The number of nitrogens with one attached hydrogen (secondary N) is 4. The molecule has 0 unspecified atom stereocenters. The van der Waals surface area contributed by atoms with E-state index in [1.165, 1.54) is 24.3 Å². The van der Waals surface area contributed by atoms with Crippen molar-refractivity contribution in [1.82, 2.24) is 15.8 Å². The van der Waals surface area contributed by atoms with Crippen LogP contribution in [0.3, 0.4) is 0 Å². The Bertz CT molecular complexity index is 1180. The van der Waals surface area contributed by atoms with Gasteiger partial charge in [-0.15, -0.1) is 0 Å². The van der Waals surface area contributed by atoms with Crippen LogP contribution in [0.5, 0.6) is 5.75 Å². The van der Waals surface area contributed by atoms with E-state index in [9.17, 15) is 24.0 Å². The molecule has 1 atom stereocenters. The molecule has 4 amide bonds. The molecule has 13 heteroatoms. The first-order chi connectivity index (χ1) is 17.5. The Hall–Kier alpha value is -4.94. The summed E-state index contributed by atoms with van der Waals surface area (Å²) >= 11 is 0. The maximum Gasteiger partial charge on any atom is 0.338 e. The van der Waals surface area contributed by atoms with Gasteiger partial charge in [0.2, 0.25) is 5.91 Å². The highest BCUT2D eigenvalue weighted by molar-refractivity contribution is 5.97. The van der Waals surface area contributed by atoms with Crippen molar-refractivity contribution in [1.29, 1.82) is 5.41 Å². The number of methoxy groups -OCH3 is 1. The van der Waals surface area contributed by atoms with Gasteiger partial charge in [0.1, 0.15) is 24.2 Å². The molecule has 0 saturated heterocycles. The molecule has 0 saturated carbocycles. The van der Waals surface area contributed by atoms with E-state index in [-0.39, 0.29) is 11.6 Å². The Morgan fingerprint density at radius 3 is 2.24 bits per heavy atom. The maximum absolute atomic E-state index is 13.2. The fourth-order valence-electron chi connectivity index (χ4n) is 3.03. The molecule has 0 aliphatic heterocycles. The molecule has 0 aliphatic rings. The minimum Gasteiger partial charge on any atom is -0.469 e. The van der Waals surface area contributed by atoms with Gasteiger partial charge in [0.15, 0.2) is 0 Å². The zero-order valence-electron chi connectivity index (χ0n) is 20.5. The van der Waals surface area contributed by atoms with Crippen LogP contribution in [0.1, 0.15) is 24.5 Å². The summed E-state index contributed by atoms with van der Waals surface area (Å²) in [5, 5.41) is 12.8. The van der Waals surface area contributed by atoms with Gasteiger partial charge in [-0.25, -0.2) is 20.0 Å². The molecular weight excluding hydrogens is 484 g/mol. The summed E-state index contributed by atoms with van der Waals surface area (Å²) in [7, 11) is 1.11. The Kier molecular flexibility index (Phi) is 10.1. The number of nitrogens with two attached hydrogens (primary N) is 1. The molecule has 2 aromatic rings. The van der Waals surface area contributed by atoms with E-state index < -0.39 is 48.8 Å². The smallest absolute Gasteiger partial charge is 0.338 e. The van der Waals surface area contributed by atoms with E-state index >= 15 is 0 Å². The second-order valence-electron chi connectivity index (χ2n) is 7.75. The molecule has 0 aliphatic carbocycles. The van der Waals surface area contributed by atoms with Gasteiger partial charge in [-0.2, -0.15) is 0 Å². The lowest BCUT2D eigenvalue weighted by molar-refractivity contribution is -0.149. The molecule has 0 radical (unpaired) electrons. The number of amidine groups is 1. The lowest BCUT2D eigenvalue weighted by atomic mass is 10.2. The van der Waals surface area contributed by atoms with Gasteiger partial charge in [-0.1, -0.05) is 18.2 Å².